The first-order chi connectivity index (χ1) is 8.78. The van der Waals surface area contributed by atoms with Gasteiger partial charge in [0.25, 0.3) is 0 Å². The Kier molecular flexibility index (Phi) is 3.31. The molecule has 2 saturated carbocycles. The molecule has 4 atom stereocenters. The summed E-state index contributed by atoms with van der Waals surface area (Å²) in [6.07, 6.45) is 11.0. The predicted molar refractivity (Wildman–Crippen MR) is 74.5 cm³/mol. The highest BCUT2D eigenvalue weighted by Gasteiger charge is 2.41. The van der Waals surface area contributed by atoms with Crippen LogP contribution in [0.1, 0.15) is 46.0 Å². The number of nitrogens with one attached hydrogen (secondary N) is 1. The minimum absolute atomic E-state index is 0.568. The van der Waals surface area contributed by atoms with Crippen LogP contribution in [-0.4, -0.2) is 15.6 Å². The van der Waals surface area contributed by atoms with Crippen LogP contribution >= 0.6 is 0 Å². The molecule has 18 heavy (non-hydrogen) atoms. The molecule has 2 aliphatic rings. The highest BCUT2D eigenvalue weighted by molar-refractivity contribution is 5.28. The molecule has 2 fully saturated rings. The topological polar surface area (TPSA) is 29.9 Å². The van der Waals surface area contributed by atoms with Crippen molar-refractivity contribution in [2.75, 3.05) is 5.32 Å². The van der Waals surface area contributed by atoms with Gasteiger partial charge in [0.1, 0.15) is 0 Å². The molecule has 4 unspecified atom stereocenters. The molecule has 2 aliphatic carbocycles. The van der Waals surface area contributed by atoms with E-state index in [0.717, 1.165) is 36.7 Å². The third kappa shape index (κ3) is 2.15. The molecule has 0 aliphatic heterocycles. The Morgan fingerprint density at radius 1 is 1.44 bits per heavy atom. The summed E-state index contributed by atoms with van der Waals surface area (Å²) >= 11 is 0. The summed E-state index contributed by atoms with van der Waals surface area (Å²) < 4.78 is 2.24. The average Bonchev–Trinajstić information content (AvgIpc) is 3.06. The molecule has 0 saturated heterocycles. The molecule has 0 amide bonds. The van der Waals surface area contributed by atoms with Crippen molar-refractivity contribution in [3.63, 3.8) is 0 Å². The van der Waals surface area contributed by atoms with E-state index >= 15 is 0 Å². The smallest absolute Gasteiger partial charge is 0.202 e. The highest BCUT2D eigenvalue weighted by Crippen LogP contribution is 2.49. The summed E-state index contributed by atoms with van der Waals surface area (Å²) in [5.74, 6) is 3.94. The summed E-state index contributed by atoms with van der Waals surface area (Å²) in [6, 6.07) is 0.568. The Balaban J connectivity index is 1.63. The first-order valence-corrected chi connectivity index (χ1v) is 7.55. The van der Waals surface area contributed by atoms with Gasteiger partial charge in [0, 0.05) is 25.0 Å². The van der Waals surface area contributed by atoms with E-state index in [2.05, 4.69) is 34.9 Å². The molecule has 3 rings (SSSR count). The van der Waals surface area contributed by atoms with E-state index in [1.54, 1.807) is 0 Å². The van der Waals surface area contributed by atoms with Crippen molar-refractivity contribution >= 4 is 5.95 Å². The van der Waals surface area contributed by atoms with Gasteiger partial charge in [0.15, 0.2) is 0 Å². The Morgan fingerprint density at radius 2 is 2.33 bits per heavy atom. The van der Waals surface area contributed by atoms with Crippen molar-refractivity contribution in [2.24, 2.45) is 17.8 Å². The zero-order valence-corrected chi connectivity index (χ0v) is 11.6. The molecule has 1 aromatic heterocycles. The van der Waals surface area contributed by atoms with Crippen molar-refractivity contribution in [1.82, 2.24) is 9.55 Å². The fraction of sp³-hybridized carbons (Fsp3) is 0.800. The summed E-state index contributed by atoms with van der Waals surface area (Å²) in [4.78, 5) is 4.46. The van der Waals surface area contributed by atoms with Crippen LogP contribution < -0.4 is 5.32 Å². The number of hydrogen-bond acceptors (Lipinski definition) is 2. The number of nitrogens with zero attached hydrogens (tertiary/aromatic N) is 2. The van der Waals surface area contributed by atoms with Crippen molar-refractivity contribution in [1.29, 1.82) is 0 Å². The Hall–Kier alpha value is -0.990. The van der Waals surface area contributed by atoms with E-state index in [1.165, 1.54) is 25.7 Å². The zero-order chi connectivity index (χ0) is 12.5. The minimum atomic E-state index is 0.568. The van der Waals surface area contributed by atoms with Crippen LogP contribution in [0, 0.1) is 17.8 Å². The van der Waals surface area contributed by atoms with Crippen LogP contribution in [0.15, 0.2) is 12.4 Å². The Labute approximate surface area is 110 Å². The lowest BCUT2D eigenvalue weighted by Crippen LogP contribution is -2.31. The summed E-state index contributed by atoms with van der Waals surface area (Å²) in [6.45, 7) is 5.62. The Morgan fingerprint density at radius 3 is 3.00 bits per heavy atom. The molecule has 100 valence electrons. The van der Waals surface area contributed by atoms with Crippen molar-refractivity contribution < 1.29 is 0 Å². The first kappa shape index (κ1) is 12.1. The fourth-order valence-corrected chi connectivity index (χ4v) is 4.09. The Bertz CT molecular complexity index is 398. The van der Waals surface area contributed by atoms with Crippen LogP contribution in [0.2, 0.25) is 0 Å². The van der Waals surface area contributed by atoms with Gasteiger partial charge in [-0.1, -0.05) is 13.3 Å². The van der Waals surface area contributed by atoms with Gasteiger partial charge in [0.05, 0.1) is 0 Å². The van der Waals surface area contributed by atoms with Gasteiger partial charge in [0.2, 0.25) is 5.95 Å². The predicted octanol–water partition coefficient (Wildman–Crippen LogP) is 3.53. The standard InChI is InChI=1S/C15H25N3/c1-3-7-18-8-6-16-15(18)17-11(2)14-10-12-4-5-13(14)9-12/h6,8,11-14H,3-5,7,9-10H2,1-2H3,(H,16,17). The maximum Gasteiger partial charge on any atom is 0.202 e. The molecule has 0 radical (unpaired) electrons. The molecular weight excluding hydrogens is 222 g/mol. The van der Waals surface area contributed by atoms with Gasteiger partial charge < -0.3 is 9.88 Å². The van der Waals surface area contributed by atoms with E-state index in [1.807, 2.05) is 6.20 Å². The number of hydrogen-bond donors (Lipinski definition) is 1. The molecule has 0 spiro atoms. The quantitative estimate of drug-likeness (QED) is 0.862. The number of anilines is 1. The van der Waals surface area contributed by atoms with E-state index in [-0.39, 0.29) is 0 Å². The SMILES string of the molecule is CCCn1ccnc1NC(C)C1CC2CCC1C2. The second kappa shape index (κ2) is 4.94. The molecule has 1 N–H and O–H groups in total. The third-order valence-electron chi connectivity index (χ3n) is 4.97. The van der Waals surface area contributed by atoms with Gasteiger partial charge in [-0.25, -0.2) is 4.98 Å². The lowest BCUT2D eigenvalue weighted by atomic mass is 9.84. The van der Waals surface area contributed by atoms with E-state index in [0.29, 0.717) is 6.04 Å². The van der Waals surface area contributed by atoms with Crippen LogP contribution in [0.4, 0.5) is 5.95 Å². The van der Waals surface area contributed by atoms with Gasteiger partial charge >= 0.3 is 0 Å². The minimum Gasteiger partial charge on any atom is -0.353 e. The highest BCUT2D eigenvalue weighted by atomic mass is 15.2. The van der Waals surface area contributed by atoms with Crippen molar-refractivity contribution in [2.45, 2.75) is 58.5 Å². The van der Waals surface area contributed by atoms with Crippen molar-refractivity contribution in [3.05, 3.63) is 12.4 Å². The van der Waals surface area contributed by atoms with Crippen LogP contribution in [-0.2, 0) is 6.54 Å². The maximum atomic E-state index is 4.46. The molecule has 0 aromatic carbocycles. The van der Waals surface area contributed by atoms with Gasteiger partial charge in [-0.05, 0) is 50.4 Å². The molecule has 1 aromatic rings. The molecule has 3 heteroatoms. The zero-order valence-electron chi connectivity index (χ0n) is 11.6. The monoisotopic (exact) mass is 247 g/mol. The number of imidazole rings is 1. The number of rotatable bonds is 5. The average molecular weight is 247 g/mol. The first-order valence-electron chi connectivity index (χ1n) is 7.55. The molecular formula is C15H25N3. The number of aromatic nitrogens is 2. The van der Waals surface area contributed by atoms with Gasteiger partial charge in [-0.2, -0.15) is 0 Å². The lowest BCUT2D eigenvalue weighted by molar-refractivity contribution is 0.303. The summed E-state index contributed by atoms with van der Waals surface area (Å²) in [5.41, 5.74) is 0. The normalized spacial score (nSPS) is 31.8. The molecule has 1 heterocycles. The van der Waals surface area contributed by atoms with E-state index < -0.39 is 0 Å². The maximum absolute atomic E-state index is 4.46. The van der Waals surface area contributed by atoms with Gasteiger partial charge in [-0.3, -0.25) is 0 Å². The van der Waals surface area contributed by atoms with E-state index in [9.17, 15) is 0 Å². The lowest BCUT2D eigenvalue weighted by Gasteiger charge is -2.29. The molecule has 3 nitrogen and oxygen atoms in total. The summed E-state index contributed by atoms with van der Waals surface area (Å²) in [7, 11) is 0. The molecule has 2 bridgehead atoms. The van der Waals surface area contributed by atoms with E-state index in [4.69, 9.17) is 0 Å². The number of fused-ring (bicyclic) bond motifs is 2. The van der Waals surface area contributed by atoms with Crippen molar-refractivity contribution in [3.8, 4) is 0 Å². The summed E-state index contributed by atoms with van der Waals surface area (Å²) in [5, 5.41) is 3.65. The third-order valence-corrected chi connectivity index (χ3v) is 4.97. The number of aryl methyl sites for hydroxylation is 1. The van der Waals surface area contributed by atoms with Gasteiger partial charge in [-0.15, -0.1) is 0 Å². The van der Waals surface area contributed by atoms with Crippen LogP contribution in [0.25, 0.3) is 0 Å². The van der Waals surface area contributed by atoms with Crippen LogP contribution in [0.3, 0.4) is 0 Å². The fourth-order valence-electron chi connectivity index (χ4n) is 4.09. The van der Waals surface area contributed by atoms with Crippen LogP contribution in [0.5, 0.6) is 0 Å². The second-order valence-electron chi connectivity index (χ2n) is 6.22. The second-order valence-corrected chi connectivity index (χ2v) is 6.22. The largest absolute Gasteiger partial charge is 0.353 e.